The molecule has 0 amide bonds. The second-order valence-electron chi connectivity index (χ2n) is 3.75. The summed E-state index contributed by atoms with van der Waals surface area (Å²) in [7, 11) is 0. The van der Waals surface area contributed by atoms with Gasteiger partial charge in [-0.2, -0.15) is 0 Å². The van der Waals surface area contributed by atoms with Gasteiger partial charge in [-0.05, 0) is 17.4 Å². The summed E-state index contributed by atoms with van der Waals surface area (Å²) in [6.45, 7) is 2.23. The molecule has 0 aliphatic carbocycles. The Labute approximate surface area is 85.3 Å². The van der Waals surface area contributed by atoms with Crippen LogP contribution in [0, 0.1) is 6.92 Å². The first-order valence-electron chi connectivity index (χ1n) is 4.80. The molecule has 0 radical (unpaired) electrons. The predicted octanol–water partition coefficient (Wildman–Crippen LogP) is -0.763. The number of fused-ring (bicyclic) bond motifs is 2. The fourth-order valence-electron chi connectivity index (χ4n) is 2.01. The molecule has 0 saturated carbocycles. The number of ketones is 1. The lowest BCUT2D eigenvalue weighted by Gasteiger charge is -2.26. The van der Waals surface area contributed by atoms with Gasteiger partial charge in [0.15, 0.2) is 5.78 Å². The second kappa shape index (κ2) is 3.07. The predicted molar refractivity (Wildman–Crippen MR) is 45.8 cm³/mol. The molecule has 7 heteroatoms. The molecule has 2 aliphatic rings. The normalized spacial score (nSPS) is 34.7. The topological polar surface area (TPSA) is 79.1 Å². The number of carbonyl (C=O) groups is 1. The van der Waals surface area contributed by atoms with Crippen LogP contribution in [0.1, 0.15) is 18.3 Å². The number of carbonyl (C=O) groups excluding carboxylic acids is 1. The van der Waals surface area contributed by atoms with Crippen molar-refractivity contribution in [1.29, 1.82) is 0 Å². The standard InChI is InChI=1S/C8H10N4O3/c1-4-9-10-11-12(4)5-2-6(13)8-14-3-7(5)15-8/h5,7-8H,2-3H2,1H3/t5-,7-,8-/m0/s1. The Morgan fingerprint density at radius 3 is 3.13 bits per heavy atom. The number of ether oxygens (including phenoxy) is 2. The zero-order valence-corrected chi connectivity index (χ0v) is 8.16. The Hall–Kier alpha value is -1.34. The van der Waals surface area contributed by atoms with E-state index in [2.05, 4.69) is 15.5 Å². The molecule has 2 fully saturated rings. The smallest absolute Gasteiger partial charge is 0.218 e. The number of aryl methyl sites for hydroxylation is 1. The highest BCUT2D eigenvalue weighted by Gasteiger charge is 2.44. The number of rotatable bonds is 1. The van der Waals surface area contributed by atoms with Crippen LogP contribution in [0.4, 0.5) is 0 Å². The van der Waals surface area contributed by atoms with Gasteiger partial charge < -0.3 is 9.47 Å². The van der Waals surface area contributed by atoms with Crippen LogP contribution >= 0.6 is 0 Å². The number of hydrogen-bond donors (Lipinski definition) is 0. The van der Waals surface area contributed by atoms with Crippen LogP contribution in [0.15, 0.2) is 0 Å². The van der Waals surface area contributed by atoms with E-state index in [9.17, 15) is 4.79 Å². The summed E-state index contributed by atoms with van der Waals surface area (Å²) in [6.07, 6.45) is -0.403. The van der Waals surface area contributed by atoms with Crippen LogP contribution < -0.4 is 0 Å². The molecule has 0 N–H and O–H groups in total. The number of tetrazole rings is 1. The van der Waals surface area contributed by atoms with Crippen molar-refractivity contribution in [1.82, 2.24) is 20.2 Å². The van der Waals surface area contributed by atoms with Gasteiger partial charge in [-0.1, -0.05) is 0 Å². The molecule has 1 aromatic rings. The van der Waals surface area contributed by atoms with Crippen molar-refractivity contribution in [3.63, 3.8) is 0 Å². The molecule has 7 nitrogen and oxygen atoms in total. The second-order valence-corrected chi connectivity index (χ2v) is 3.75. The summed E-state index contributed by atoms with van der Waals surface area (Å²) >= 11 is 0. The molecule has 2 saturated heterocycles. The summed E-state index contributed by atoms with van der Waals surface area (Å²) in [4.78, 5) is 11.5. The highest BCUT2D eigenvalue weighted by molar-refractivity contribution is 5.83. The van der Waals surface area contributed by atoms with E-state index in [1.54, 1.807) is 11.6 Å². The van der Waals surface area contributed by atoms with Crippen molar-refractivity contribution < 1.29 is 14.3 Å². The van der Waals surface area contributed by atoms with E-state index in [0.717, 1.165) is 0 Å². The van der Waals surface area contributed by atoms with Crippen molar-refractivity contribution in [2.24, 2.45) is 0 Å². The third kappa shape index (κ3) is 1.27. The van der Waals surface area contributed by atoms with Gasteiger partial charge >= 0.3 is 0 Å². The molecule has 15 heavy (non-hydrogen) atoms. The minimum absolute atomic E-state index is 0.0383. The largest absolute Gasteiger partial charge is 0.343 e. The maximum absolute atomic E-state index is 11.5. The Morgan fingerprint density at radius 1 is 1.53 bits per heavy atom. The third-order valence-corrected chi connectivity index (χ3v) is 2.78. The molecule has 0 unspecified atom stereocenters. The summed E-state index contributed by atoms with van der Waals surface area (Å²) in [5, 5.41) is 11.2. The first-order valence-corrected chi connectivity index (χ1v) is 4.80. The molecule has 3 atom stereocenters. The summed E-state index contributed by atoms with van der Waals surface area (Å²) in [6, 6.07) is -0.133. The molecule has 3 heterocycles. The average Bonchev–Trinajstić information content (AvgIpc) is 2.80. The first-order chi connectivity index (χ1) is 7.25. The molecule has 1 aromatic heterocycles. The van der Waals surface area contributed by atoms with Crippen molar-refractivity contribution in [3.8, 4) is 0 Å². The van der Waals surface area contributed by atoms with E-state index >= 15 is 0 Å². The number of Topliss-reactive ketones (excluding diaryl/α,β-unsaturated/α-hetero) is 1. The average molecular weight is 210 g/mol. The molecule has 2 aliphatic heterocycles. The lowest BCUT2D eigenvalue weighted by atomic mass is 10.0. The monoisotopic (exact) mass is 210 g/mol. The SMILES string of the molecule is Cc1nnnn1[C@H]1CC(=O)[C@H]2OC[C@@H]1O2. The maximum atomic E-state index is 11.5. The van der Waals surface area contributed by atoms with E-state index in [-0.39, 0.29) is 17.9 Å². The molecular weight excluding hydrogens is 200 g/mol. The maximum Gasteiger partial charge on any atom is 0.218 e. The van der Waals surface area contributed by atoms with E-state index in [1.807, 2.05) is 0 Å². The van der Waals surface area contributed by atoms with Crippen LogP contribution in [0.5, 0.6) is 0 Å². The van der Waals surface area contributed by atoms with Gasteiger partial charge in [-0.15, -0.1) is 5.10 Å². The van der Waals surface area contributed by atoms with Gasteiger partial charge in [0.25, 0.3) is 0 Å². The van der Waals surface area contributed by atoms with Crippen molar-refractivity contribution in [2.75, 3.05) is 6.61 Å². The molecule has 0 aromatic carbocycles. The van der Waals surface area contributed by atoms with Crippen LogP contribution in [-0.4, -0.2) is 45.0 Å². The fraction of sp³-hybridized carbons (Fsp3) is 0.750. The zero-order valence-electron chi connectivity index (χ0n) is 8.16. The summed E-state index contributed by atoms with van der Waals surface area (Å²) < 4.78 is 12.2. The first kappa shape index (κ1) is 8.93. The van der Waals surface area contributed by atoms with E-state index < -0.39 is 6.29 Å². The number of nitrogens with zero attached hydrogens (tertiary/aromatic N) is 4. The Kier molecular flexibility index (Phi) is 1.83. The van der Waals surface area contributed by atoms with Gasteiger partial charge in [-0.3, -0.25) is 4.79 Å². The van der Waals surface area contributed by atoms with Crippen molar-refractivity contribution >= 4 is 5.78 Å². The van der Waals surface area contributed by atoms with Crippen LogP contribution in [0.3, 0.4) is 0 Å². The number of hydrogen-bond acceptors (Lipinski definition) is 6. The molecule has 3 rings (SSSR count). The van der Waals surface area contributed by atoms with Gasteiger partial charge in [0, 0.05) is 6.42 Å². The highest BCUT2D eigenvalue weighted by atomic mass is 16.7. The lowest BCUT2D eigenvalue weighted by Crippen LogP contribution is -2.37. The minimum Gasteiger partial charge on any atom is -0.343 e. The van der Waals surface area contributed by atoms with Crippen LogP contribution in [0.2, 0.25) is 0 Å². The van der Waals surface area contributed by atoms with Crippen LogP contribution in [-0.2, 0) is 14.3 Å². The van der Waals surface area contributed by atoms with E-state index in [0.29, 0.717) is 18.9 Å². The molecule has 80 valence electrons. The summed E-state index contributed by atoms with van der Waals surface area (Å²) in [5.41, 5.74) is 0. The molecule has 2 bridgehead atoms. The van der Waals surface area contributed by atoms with Gasteiger partial charge in [0.05, 0.1) is 12.6 Å². The Balaban J connectivity index is 1.93. The van der Waals surface area contributed by atoms with Gasteiger partial charge in [-0.25, -0.2) is 4.68 Å². The van der Waals surface area contributed by atoms with Gasteiger partial charge in [0.2, 0.25) is 6.29 Å². The minimum atomic E-state index is -0.664. The van der Waals surface area contributed by atoms with E-state index in [1.165, 1.54) is 0 Å². The molecular formula is C8H10N4O3. The van der Waals surface area contributed by atoms with Crippen LogP contribution in [0.25, 0.3) is 0 Å². The quantitative estimate of drug-likeness (QED) is 0.606. The lowest BCUT2D eigenvalue weighted by molar-refractivity contribution is -0.156. The van der Waals surface area contributed by atoms with Gasteiger partial charge in [0.1, 0.15) is 11.9 Å². The summed E-state index contributed by atoms with van der Waals surface area (Å²) in [5.74, 6) is 0.644. The molecule has 0 spiro atoms. The number of aromatic nitrogens is 4. The van der Waals surface area contributed by atoms with Crippen molar-refractivity contribution in [2.45, 2.75) is 31.8 Å². The van der Waals surface area contributed by atoms with Crippen molar-refractivity contribution in [3.05, 3.63) is 5.82 Å². The Morgan fingerprint density at radius 2 is 2.40 bits per heavy atom. The van der Waals surface area contributed by atoms with E-state index in [4.69, 9.17) is 9.47 Å². The third-order valence-electron chi connectivity index (χ3n) is 2.78. The zero-order chi connectivity index (χ0) is 10.4. The Bertz CT molecular complexity index is 404. The fourth-order valence-corrected chi connectivity index (χ4v) is 2.01. The highest BCUT2D eigenvalue weighted by Crippen LogP contribution is 2.32.